The van der Waals surface area contributed by atoms with Gasteiger partial charge in [-0.3, -0.25) is 9.80 Å². The van der Waals surface area contributed by atoms with Gasteiger partial charge in [-0.25, -0.2) is 0 Å². The monoisotopic (exact) mass is 879 g/mol. The van der Waals surface area contributed by atoms with Gasteiger partial charge in [-0.1, -0.05) is 209 Å². The largest absolute Gasteiger partial charge is 0.395 e. The Morgan fingerprint density at radius 3 is 1.03 bits per heavy atom. The molecular weight excluding hydrogens is 807 g/mol. The molecule has 0 fully saturated rings. The van der Waals surface area contributed by atoms with Crippen LogP contribution < -0.4 is 5.73 Å². The molecule has 0 aliphatic rings. The number of hydrogen-bond acceptors (Lipinski definition) is 6. The maximum absolute atomic E-state index is 11.6. The number of alkyl halides is 1. The van der Waals surface area contributed by atoms with Crippen LogP contribution in [0.3, 0.4) is 0 Å². The summed E-state index contributed by atoms with van der Waals surface area (Å²) in [5.41, 5.74) is 11.8. The Bertz CT molecular complexity index is 1650. The number of aliphatic hydroxyl groups excluding tert-OH is 2. The number of carbonyl (C=O) groups excluding carboxylic acids is 1. The van der Waals surface area contributed by atoms with Crippen molar-refractivity contribution in [1.29, 1.82) is 0 Å². The zero-order valence-corrected chi connectivity index (χ0v) is 38.8. The van der Waals surface area contributed by atoms with Crippen LogP contribution >= 0.6 is 15.9 Å². The number of rotatable bonds is 20. The summed E-state index contributed by atoms with van der Waals surface area (Å²) in [5.74, 6) is 1.67. The smallest absolute Gasteiger partial charge is 0.137 e. The Balaban J connectivity index is 0.000000305. The Morgan fingerprint density at radius 1 is 0.483 bits per heavy atom. The fraction of sp³-hybridized carbons (Fsp3) is 0.415. The molecule has 0 saturated heterocycles. The summed E-state index contributed by atoms with van der Waals surface area (Å²) in [4.78, 5) is 16.3. The molecule has 0 aliphatic carbocycles. The van der Waals surface area contributed by atoms with Gasteiger partial charge < -0.3 is 20.7 Å². The highest BCUT2D eigenvalue weighted by atomic mass is 79.9. The minimum Gasteiger partial charge on any atom is -0.395 e. The van der Waals surface area contributed by atoms with Crippen molar-refractivity contribution in [2.45, 2.75) is 110 Å². The van der Waals surface area contributed by atoms with E-state index in [-0.39, 0.29) is 31.3 Å². The zero-order valence-electron chi connectivity index (χ0n) is 37.2. The predicted octanol–water partition coefficient (Wildman–Crippen LogP) is 11.3. The second kappa shape index (κ2) is 31.9. The molecule has 0 radical (unpaired) electrons. The molecule has 0 unspecified atom stereocenters. The first-order valence-corrected chi connectivity index (χ1v) is 22.8. The predicted molar refractivity (Wildman–Crippen MR) is 257 cm³/mol. The van der Waals surface area contributed by atoms with Gasteiger partial charge in [0, 0.05) is 43.6 Å². The van der Waals surface area contributed by atoms with Gasteiger partial charge in [0.1, 0.15) is 6.29 Å². The number of aldehydes is 1. The zero-order chi connectivity index (χ0) is 44.0. The van der Waals surface area contributed by atoms with E-state index in [2.05, 4.69) is 152 Å². The lowest BCUT2D eigenvalue weighted by Gasteiger charge is -2.32. The van der Waals surface area contributed by atoms with E-state index >= 15 is 0 Å². The van der Waals surface area contributed by atoms with Crippen LogP contribution in [0, 0.1) is 17.8 Å². The van der Waals surface area contributed by atoms with Gasteiger partial charge in [0.25, 0.3) is 0 Å². The van der Waals surface area contributed by atoms with E-state index in [1.165, 1.54) is 27.8 Å². The van der Waals surface area contributed by atoms with Crippen LogP contribution in [0.4, 0.5) is 0 Å². The third-order valence-electron chi connectivity index (χ3n) is 9.73. The highest BCUT2D eigenvalue weighted by Crippen LogP contribution is 2.19. The van der Waals surface area contributed by atoms with E-state index < -0.39 is 0 Å². The van der Waals surface area contributed by atoms with Crippen LogP contribution in [0.15, 0.2) is 152 Å². The van der Waals surface area contributed by atoms with E-state index in [0.29, 0.717) is 17.8 Å². The number of benzene rings is 5. The molecule has 3 atom stereocenters. The van der Waals surface area contributed by atoms with Gasteiger partial charge in [-0.05, 0) is 64.8 Å². The Hall–Kier alpha value is -3.95. The first kappa shape index (κ1) is 52.2. The molecule has 0 aromatic heterocycles. The molecule has 326 valence electrons. The average Bonchev–Trinajstić information content (AvgIpc) is 3.26. The summed E-state index contributed by atoms with van der Waals surface area (Å²) in [7, 11) is 0. The number of carbonyl (C=O) groups is 1. The number of nitrogens with zero attached hydrogens (tertiary/aromatic N) is 2. The molecule has 5 aromatic carbocycles. The minimum absolute atomic E-state index is 0.0185. The van der Waals surface area contributed by atoms with E-state index in [1.807, 2.05) is 66.7 Å². The van der Waals surface area contributed by atoms with Gasteiger partial charge in [0.05, 0.1) is 19.3 Å². The van der Waals surface area contributed by atoms with Gasteiger partial charge >= 0.3 is 0 Å². The summed E-state index contributed by atoms with van der Waals surface area (Å²) in [5, 5.41) is 19.3. The van der Waals surface area contributed by atoms with Crippen molar-refractivity contribution in [1.82, 2.24) is 9.80 Å². The fourth-order valence-corrected chi connectivity index (χ4v) is 7.15. The molecule has 0 bridgehead atoms. The van der Waals surface area contributed by atoms with E-state index in [4.69, 9.17) is 10.8 Å². The maximum Gasteiger partial charge on any atom is 0.137 e. The molecule has 0 heterocycles. The van der Waals surface area contributed by atoms with Crippen molar-refractivity contribution < 1.29 is 15.0 Å². The molecule has 0 saturated carbocycles. The summed E-state index contributed by atoms with van der Waals surface area (Å²) in [6.07, 6.45) is 3.92. The molecule has 0 amide bonds. The number of hydrogen-bond donors (Lipinski definition) is 3. The van der Waals surface area contributed by atoms with Crippen molar-refractivity contribution in [2.75, 3.05) is 13.2 Å². The standard InChI is InChI=1S/C20H27NO.C20H25NO.C7H7Br.C6H15NO/c2*1-17(2)13-20(16-22)21(14-18-9-5-3-6-10-18)15-19-11-7-4-8-12-19;8-6-7-4-2-1-3-5-7;1-5(2)3-6(7)4-8/h3-12,17,20,22H,13-16H2,1-2H3;3-12,16-17,20H,13-15H2,1-2H3;1-5H,6H2;5-6,8H,3-4,7H2,1-2H3/t2*20-;;6-/m11.0/s1. The fourth-order valence-electron chi connectivity index (χ4n) is 6.78. The Labute approximate surface area is 372 Å². The van der Waals surface area contributed by atoms with E-state index in [1.54, 1.807) is 0 Å². The van der Waals surface area contributed by atoms with E-state index in [9.17, 15) is 9.90 Å². The average molecular weight is 881 g/mol. The van der Waals surface area contributed by atoms with Crippen LogP contribution in [-0.4, -0.2) is 57.6 Å². The SMILES string of the molecule is BrCc1ccccc1.CC(C)C[C@H](C=O)N(Cc1ccccc1)Cc1ccccc1.CC(C)C[C@H](CO)N(Cc1ccccc1)Cc1ccccc1.CC(C)C[C@H](N)CO. The second-order valence-electron chi connectivity index (χ2n) is 16.7. The second-order valence-corrected chi connectivity index (χ2v) is 17.3. The Kier molecular flexibility index (Phi) is 27.7. The number of nitrogens with two attached hydrogens (primary N) is 1. The highest BCUT2D eigenvalue weighted by molar-refractivity contribution is 9.08. The van der Waals surface area contributed by atoms with Crippen molar-refractivity contribution >= 4 is 22.2 Å². The van der Waals surface area contributed by atoms with Crippen LogP contribution in [0.5, 0.6) is 0 Å². The topological polar surface area (TPSA) is 90.0 Å². The molecular formula is C53H74BrN3O3. The van der Waals surface area contributed by atoms with Gasteiger partial charge in [-0.2, -0.15) is 0 Å². The molecule has 0 spiro atoms. The molecule has 6 nitrogen and oxygen atoms in total. The summed E-state index contributed by atoms with van der Waals surface area (Å²) < 4.78 is 0. The van der Waals surface area contributed by atoms with Crippen LogP contribution in [0.1, 0.15) is 88.6 Å². The van der Waals surface area contributed by atoms with Crippen LogP contribution in [0.25, 0.3) is 0 Å². The lowest BCUT2D eigenvalue weighted by Crippen LogP contribution is -2.38. The molecule has 4 N–H and O–H groups in total. The lowest BCUT2D eigenvalue weighted by molar-refractivity contribution is -0.113. The number of aliphatic hydroxyl groups is 2. The highest BCUT2D eigenvalue weighted by Gasteiger charge is 2.21. The van der Waals surface area contributed by atoms with Crippen LogP contribution in [-0.2, 0) is 36.3 Å². The van der Waals surface area contributed by atoms with Gasteiger partial charge in [-0.15, -0.1) is 0 Å². The lowest BCUT2D eigenvalue weighted by atomic mass is 10.0. The number of halogens is 1. The molecule has 60 heavy (non-hydrogen) atoms. The third-order valence-corrected chi connectivity index (χ3v) is 10.4. The van der Waals surface area contributed by atoms with E-state index in [0.717, 1.165) is 57.1 Å². The molecule has 0 aliphatic heterocycles. The van der Waals surface area contributed by atoms with Crippen molar-refractivity contribution in [3.63, 3.8) is 0 Å². The molecule has 5 aromatic rings. The molecule has 5 rings (SSSR count). The maximum atomic E-state index is 11.6. The van der Waals surface area contributed by atoms with Crippen molar-refractivity contribution in [3.8, 4) is 0 Å². The van der Waals surface area contributed by atoms with Gasteiger partial charge in [0.15, 0.2) is 0 Å². The summed E-state index contributed by atoms with van der Waals surface area (Å²) in [6.45, 7) is 16.6. The molecule has 7 heteroatoms. The normalized spacial score (nSPS) is 12.4. The van der Waals surface area contributed by atoms with Crippen LogP contribution in [0.2, 0.25) is 0 Å². The summed E-state index contributed by atoms with van der Waals surface area (Å²) in [6, 6.07) is 52.2. The summed E-state index contributed by atoms with van der Waals surface area (Å²) >= 11 is 3.36. The first-order chi connectivity index (χ1) is 29.0. The first-order valence-electron chi connectivity index (χ1n) is 21.6. The Morgan fingerprint density at radius 2 is 0.800 bits per heavy atom. The third kappa shape index (κ3) is 23.7. The minimum atomic E-state index is -0.0413. The van der Waals surface area contributed by atoms with Crippen molar-refractivity contribution in [2.24, 2.45) is 23.5 Å². The van der Waals surface area contributed by atoms with Gasteiger partial charge in [0.2, 0.25) is 0 Å². The quantitative estimate of drug-likeness (QED) is 0.0533. The van der Waals surface area contributed by atoms with Crippen molar-refractivity contribution in [3.05, 3.63) is 179 Å².